The molecule has 0 aromatic heterocycles. The number of unbranched alkanes of at least 4 members (excludes halogenated alkanes) is 1. The van der Waals surface area contributed by atoms with Gasteiger partial charge in [0, 0.05) is 30.3 Å². The molecule has 2 atom stereocenters. The number of benzene rings is 3. The molecule has 42 heavy (non-hydrogen) atoms. The van der Waals surface area contributed by atoms with Crippen molar-refractivity contribution in [2.75, 3.05) is 31.9 Å². The van der Waals surface area contributed by atoms with E-state index in [2.05, 4.69) is 0 Å². The lowest BCUT2D eigenvalue weighted by molar-refractivity contribution is -0.132. The Morgan fingerprint density at radius 3 is 2.02 bits per heavy atom. The number of hydrogen-bond acceptors (Lipinski definition) is 6. The SMILES string of the molecule is CC(=O)c1cc(N)ccc1C1C(C(N)=O)N(CCCCC(c2ccccc2F)c2ccccc2F)CCN1CC(N)=O. The van der Waals surface area contributed by atoms with Crippen molar-refractivity contribution in [3.8, 4) is 0 Å². The summed E-state index contributed by atoms with van der Waals surface area (Å²) < 4.78 is 29.6. The van der Waals surface area contributed by atoms with Crippen LogP contribution < -0.4 is 17.2 Å². The molecule has 0 aliphatic carbocycles. The molecule has 3 aromatic carbocycles. The first kappa shape index (κ1) is 30.8. The largest absolute Gasteiger partial charge is 0.399 e. The molecule has 1 heterocycles. The number of halogens is 2. The number of rotatable bonds is 12. The van der Waals surface area contributed by atoms with Gasteiger partial charge in [0.25, 0.3) is 0 Å². The van der Waals surface area contributed by atoms with Crippen molar-refractivity contribution >= 4 is 23.3 Å². The fourth-order valence-electron chi connectivity index (χ4n) is 6.06. The fraction of sp³-hybridized carbons (Fsp3) is 0.344. The Morgan fingerprint density at radius 2 is 1.48 bits per heavy atom. The van der Waals surface area contributed by atoms with E-state index in [1.807, 2.05) is 4.90 Å². The average Bonchev–Trinajstić information content (AvgIpc) is 2.94. The van der Waals surface area contributed by atoms with Crippen LogP contribution in [0.4, 0.5) is 14.5 Å². The summed E-state index contributed by atoms with van der Waals surface area (Å²) in [5.41, 5.74) is 19.6. The summed E-state index contributed by atoms with van der Waals surface area (Å²) in [7, 11) is 0. The number of carbonyl (C=O) groups excluding carboxylic acids is 3. The summed E-state index contributed by atoms with van der Waals surface area (Å²) in [6.45, 7) is 2.62. The van der Waals surface area contributed by atoms with Gasteiger partial charge < -0.3 is 17.2 Å². The van der Waals surface area contributed by atoms with Crippen LogP contribution in [0.15, 0.2) is 66.7 Å². The van der Waals surface area contributed by atoms with Crippen LogP contribution in [-0.2, 0) is 9.59 Å². The van der Waals surface area contributed by atoms with E-state index in [4.69, 9.17) is 17.2 Å². The predicted molar refractivity (Wildman–Crippen MR) is 157 cm³/mol. The summed E-state index contributed by atoms with van der Waals surface area (Å²) in [6, 6.07) is 16.1. The number of anilines is 1. The van der Waals surface area contributed by atoms with Gasteiger partial charge in [0.1, 0.15) is 17.7 Å². The van der Waals surface area contributed by atoms with E-state index >= 15 is 0 Å². The molecule has 4 rings (SSSR count). The molecule has 10 heteroatoms. The van der Waals surface area contributed by atoms with Gasteiger partial charge in [-0.25, -0.2) is 8.78 Å². The van der Waals surface area contributed by atoms with Crippen LogP contribution in [0.1, 0.15) is 65.2 Å². The van der Waals surface area contributed by atoms with Gasteiger partial charge in [-0.05, 0) is 67.3 Å². The third-order valence-corrected chi connectivity index (χ3v) is 7.94. The second-order valence-electron chi connectivity index (χ2n) is 10.8. The number of nitrogens with zero attached hydrogens (tertiary/aromatic N) is 2. The summed E-state index contributed by atoms with van der Waals surface area (Å²) in [5.74, 6) is -2.66. The average molecular weight is 578 g/mol. The van der Waals surface area contributed by atoms with Crippen molar-refractivity contribution in [1.29, 1.82) is 0 Å². The van der Waals surface area contributed by atoms with Gasteiger partial charge in [0.05, 0.1) is 12.6 Å². The minimum absolute atomic E-state index is 0.114. The normalized spacial score (nSPS) is 17.8. The third kappa shape index (κ3) is 7.00. The Labute approximate surface area is 244 Å². The molecule has 1 aliphatic rings. The number of nitrogens with two attached hydrogens (primary N) is 3. The van der Waals surface area contributed by atoms with Crippen LogP contribution in [-0.4, -0.2) is 59.6 Å². The van der Waals surface area contributed by atoms with Gasteiger partial charge in [-0.15, -0.1) is 0 Å². The Morgan fingerprint density at radius 1 is 0.881 bits per heavy atom. The maximum Gasteiger partial charge on any atom is 0.236 e. The number of carbonyl (C=O) groups is 3. The quantitative estimate of drug-likeness (QED) is 0.170. The van der Waals surface area contributed by atoms with Crippen molar-refractivity contribution in [2.24, 2.45) is 11.5 Å². The van der Waals surface area contributed by atoms with Crippen LogP contribution in [0, 0.1) is 11.6 Å². The smallest absolute Gasteiger partial charge is 0.236 e. The van der Waals surface area contributed by atoms with E-state index < -0.39 is 41.5 Å². The predicted octanol–water partition coefficient (Wildman–Crippen LogP) is 3.75. The highest BCUT2D eigenvalue weighted by Crippen LogP contribution is 2.36. The summed E-state index contributed by atoms with van der Waals surface area (Å²) in [6.07, 6.45) is 1.72. The standard InChI is InChI=1S/C32H37F2N5O3/c1-20(40)26-18-21(35)13-14-25(26)30-31(32(37)42)38(16-17-39(30)19-29(36)41)15-7-6-8-22(23-9-2-4-11-27(23)33)24-10-3-5-12-28(24)34/h2-5,9-14,18,22,30-31H,6-8,15-17,19,35H2,1H3,(H2,36,41)(H2,37,42). The number of nitrogen functional groups attached to an aromatic ring is 1. The van der Waals surface area contributed by atoms with Crippen molar-refractivity contribution in [1.82, 2.24) is 9.80 Å². The van der Waals surface area contributed by atoms with Gasteiger partial charge in [-0.2, -0.15) is 0 Å². The fourth-order valence-corrected chi connectivity index (χ4v) is 6.06. The van der Waals surface area contributed by atoms with E-state index in [1.54, 1.807) is 59.5 Å². The first-order valence-electron chi connectivity index (χ1n) is 14.0. The number of primary amides is 2. The lowest BCUT2D eigenvalue weighted by atomic mass is 9.86. The maximum absolute atomic E-state index is 14.8. The van der Waals surface area contributed by atoms with E-state index in [1.165, 1.54) is 19.1 Å². The molecule has 2 amide bonds. The zero-order valence-corrected chi connectivity index (χ0v) is 23.6. The molecular weight excluding hydrogens is 540 g/mol. The van der Waals surface area contributed by atoms with E-state index in [-0.39, 0.29) is 12.3 Å². The highest BCUT2D eigenvalue weighted by molar-refractivity contribution is 5.97. The van der Waals surface area contributed by atoms with Gasteiger partial charge in [-0.3, -0.25) is 24.2 Å². The number of Topliss-reactive ketones (excluding diaryl/α,β-unsaturated/α-hetero) is 1. The number of ketones is 1. The Hall–Kier alpha value is -4.15. The summed E-state index contributed by atoms with van der Waals surface area (Å²) in [4.78, 5) is 41.2. The van der Waals surface area contributed by atoms with Gasteiger partial charge in [0.2, 0.25) is 11.8 Å². The van der Waals surface area contributed by atoms with Crippen LogP contribution in [0.2, 0.25) is 0 Å². The maximum atomic E-state index is 14.8. The molecule has 6 N–H and O–H groups in total. The molecule has 222 valence electrons. The summed E-state index contributed by atoms with van der Waals surface area (Å²) >= 11 is 0. The van der Waals surface area contributed by atoms with Crippen LogP contribution in [0.5, 0.6) is 0 Å². The molecule has 0 radical (unpaired) electrons. The molecular formula is C32H37F2N5O3. The lowest BCUT2D eigenvalue weighted by Gasteiger charge is -2.46. The van der Waals surface area contributed by atoms with E-state index in [0.29, 0.717) is 66.8 Å². The number of hydrogen-bond donors (Lipinski definition) is 3. The second kappa shape index (κ2) is 13.7. The van der Waals surface area contributed by atoms with Gasteiger partial charge in [-0.1, -0.05) is 48.9 Å². The zero-order valence-electron chi connectivity index (χ0n) is 23.6. The molecule has 8 nitrogen and oxygen atoms in total. The van der Waals surface area contributed by atoms with Crippen molar-refractivity contribution < 1.29 is 23.2 Å². The van der Waals surface area contributed by atoms with Gasteiger partial charge in [0.15, 0.2) is 5.78 Å². The van der Waals surface area contributed by atoms with Crippen molar-refractivity contribution in [2.45, 2.75) is 44.2 Å². The first-order valence-corrected chi connectivity index (χ1v) is 14.0. The topological polar surface area (TPSA) is 136 Å². The van der Waals surface area contributed by atoms with Crippen LogP contribution in [0.25, 0.3) is 0 Å². The molecule has 1 fully saturated rings. The first-order chi connectivity index (χ1) is 20.1. The molecule has 1 aliphatic heterocycles. The molecule has 0 saturated carbocycles. The Bertz CT molecular complexity index is 1400. The highest BCUT2D eigenvalue weighted by Gasteiger charge is 2.42. The third-order valence-electron chi connectivity index (χ3n) is 7.94. The Balaban J connectivity index is 1.57. The van der Waals surface area contributed by atoms with Crippen molar-refractivity contribution in [3.63, 3.8) is 0 Å². The number of piperazine rings is 1. The molecule has 2 unspecified atom stereocenters. The minimum Gasteiger partial charge on any atom is -0.399 e. The lowest BCUT2D eigenvalue weighted by Crippen LogP contribution is -2.61. The second-order valence-corrected chi connectivity index (χ2v) is 10.8. The number of amides is 2. The molecule has 1 saturated heterocycles. The van der Waals surface area contributed by atoms with Crippen LogP contribution >= 0.6 is 0 Å². The highest BCUT2D eigenvalue weighted by atomic mass is 19.1. The molecule has 3 aromatic rings. The van der Waals surface area contributed by atoms with Gasteiger partial charge >= 0.3 is 0 Å². The zero-order chi connectivity index (χ0) is 30.4. The molecule has 0 bridgehead atoms. The van der Waals surface area contributed by atoms with Crippen molar-refractivity contribution in [3.05, 3.63) is 101 Å². The van der Waals surface area contributed by atoms with E-state index in [9.17, 15) is 23.2 Å². The Kier molecular flexibility index (Phi) is 10.0. The minimum atomic E-state index is -0.853. The summed E-state index contributed by atoms with van der Waals surface area (Å²) in [5, 5.41) is 0. The van der Waals surface area contributed by atoms with E-state index in [0.717, 1.165) is 0 Å². The monoisotopic (exact) mass is 577 g/mol. The molecule has 0 spiro atoms. The van der Waals surface area contributed by atoms with Crippen LogP contribution in [0.3, 0.4) is 0 Å².